The van der Waals surface area contributed by atoms with E-state index in [2.05, 4.69) is 20.8 Å². The van der Waals surface area contributed by atoms with E-state index < -0.39 is 0 Å². The van der Waals surface area contributed by atoms with Crippen LogP contribution in [0.25, 0.3) is 0 Å². The molecule has 2 atom stereocenters. The van der Waals surface area contributed by atoms with E-state index in [0.29, 0.717) is 11.0 Å². The lowest BCUT2D eigenvalue weighted by Crippen LogP contribution is -2.07. The van der Waals surface area contributed by atoms with Crippen LogP contribution in [0, 0.1) is 11.8 Å². The van der Waals surface area contributed by atoms with E-state index in [1.165, 1.54) is 31.0 Å². The van der Waals surface area contributed by atoms with Crippen LogP contribution in [0.4, 0.5) is 0 Å². The molecule has 0 saturated carbocycles. The van der Waals surface area contributed by atoms with Gasteiger partial charge in [-0.1, -0.05) is 52.3 Å². The highest BCUT2D eigenvalue weighted by Gasteiger charge is 2.12. The molecule has 0 saturated heterocycles. The van der Waals surface area contributed by atoms with Crippen molar-refractivity contribution >= 4 is 16.9 Å². The van der Waals surface area contributed by atoms with Crippen LogP contribution in [0.15, 0.2) is 0 Å². The van der Waals surface area contributed by atoms with Crippen molar-refractivity contribution in [1.29, 1.82) is 0 Å². The SMILES string of the molecule is CCC[C@@H](C)C[C@@H](C)CC(=O)SCC. The standard InChI is InChI=1S/C12H24OS/c1-5-7-10(3)8-11(4)9-12(13)14-6-2/h10-11H,5-9H2,1-4H3/t10-,11-/m1/s1. The first-order valence-corrected chi connectivity index (χ1v) is 6.74. The van der Waals surface area contributed by atoms with Gasteiger partial charge in [-0.15, -0.1) is 0 Å². The van der Waals surface area contributed by atoms with Crippen LogP contribution in [0.3, 0.4) is 0 Å². The number of carbonyl (C=O) groups excluding carboxylic acids is 1. The highest BCUT2D eigenvalue weighted by atomic mass is 32.2. The lowest BCUT2D eigenvalue weighted by atomic mass is 9.92. The molecule has 0 aromatic rings. The van der Waals surface area contributed by atoms with E-state index in [9.17, 15) is 4.79 Å². The first kappa shape index (κ1) is 14.0. The minimum Gasteiger partial charge on any atom is -0.287 e. The Morgan fingerprint density at radius 3 is 2.36 bits per heavy atom. The fourth-order valence-corrected chi connectivity index (χ4v) is 2.61. The van der Waals surface area contributed by atoms with Crippen LogP contribution in [0.5, 0.6) is 0 Å². The Hall–Kier alpha value is 0.0200. The highest BCUT2D eigenvalue weighted by molar-refractivity contribution is 8.13. The minimum absolute atomic E-state index is 0.365. The predicted molar refractivity (Wildman–Crippen MR) is 65.6 cm³/mol. The van der Waals surface area contributed by atoms with Crippen molar-refractivity contribution in [2.45, 2.75) is 53.4 Å². The van der Waals surface area contributed by atoms with Gasteiger partial charge in [-0.05, 0) is 24.0 Å². The number of thioether (sulfide) groups is 1. The summed E-state index contributed by atoms with van der Waals surface area (Å²) in [7, 11) is 0. The predicted octanol–water partition coefficient (Wildman–Crippen LogP) is 4.12. The van der Waals surface area contributed by atoms with Crippen molar-refractivity contribution in [3.05, 3.63) is 0 Å². The van der Waals surface area contributed by atoms with Crippen LogP contribution >= 0.6 is 11.8 Å². The van der Waals surface area contributed by atoms with Crippen LogP contribution in [-0.4, -0.2) is 10.9 Å². The van der Waals surface area contributed by atoms with Crippen LogP contribution in [0.1, 0.15) is 53.4 Å². The summed E-state index contributed by atoms with van der Waals surface area (Å²) in [4.78, 5) is 11.4. The van der Waals surface area contributed by atoms with Gasteiger partial charge in [0, 0.05) is 6.42 Å². The molecule has 84 valence electrons. The molecule has 0 aromatic heterocycles. The Balaban J connectivity index is 3.63. The van der Waals surface area contributed by atoms with Gasteiger partial charge in [-0.2, -0.15) is 0 Å². The molecule has 0 aliphatic carbocycles. The molecule has 0 heterocycles. The monoisotopic (exact) mass is 216 g/mol. The average Bonchev–Trinajstić information content (AvgIpc) is 2.03. The molecule has 0 radical (unpaired) electrons. The molecule has 14 heavy (non-hydrogen) atoms. The first-order chi connectivity index (χ1) is 6.60. The zero-order chi connectivity index (χ0) is 11.0. The van der Waals surface area contributed by atoms with Gasteiger partial charge in [-0.3, -0.25) is 4.79 Å². The molecule has 0 amide bonds. The molecular weight excluding hydrogens is 192 g/mol. The quantitative estimate of drug-likeness (QED) is 0.637. The van der Waals surface area contributed by atoms with Crippen molar-refractivity contribution in [1.82, 2.24) is 0 Å². The fraction of sp³-hybridized carbons (Fsp3) is 0.917. The molecule has 0 aromatic carbocycles. The van der Waals surface area contributed by atoms with Crippen LogP contribution in [-0.2, 0) is 4.79 Å². The normalized spacial score (nSPS) is 15.1. The van der Waals surface area contributed by atoms with Crippen molar-refractivity contribution in [2.24, 2.45) is 11.8 Å². The topological polar surface area (TPSA) is 17.1 Å². The van der Waals surface area contributed by atoms with Crippen molar-refractivity contribution in [3.63, 3.8) is 0 Å². The lowest BCUT2D eigenvalue weighted by Gasteiger charge is -2.15. The summed E-state index contributed by atoms with van der Waals surface area (Å²) >= 11 is 1.46. The summed E-state index contributed by atoms with van der Waals surface area (Å²) in [5.74, 6) is 2.24. The highest BCUT2D eigenvalue weighted by Crippen LogP contribution is 2.21. The Morgan fingerprint density at radius 1 is 1.21 bits per heavy atom. The fourth-order valence-electron chi connectivity index (χ4n) is 1.89. The van der Waals surface area contributed by atoms with Gasteiger partial charge in [0.25, 0.3) is 0 Å². The summed E-state index contributed by atoms with van der Waals surface area (Å²) in [6.07, 6.45) is 4.50. The van der Waals surface area contributed by atoms with E-state index >= 15 is 0 Å². The van der Waals surface area contributed by atoms with E-state index in [1.54, 1.807) is 0 Å². The maximum absolute atomic E-state index is 11.4. The number of carbonyl (C=O) groups is 1. The Bertz CT molecular complexity index is 156. The number of hydrogen-bond donors (Lipinski definition) is 0. The molecule has 0 rings (SSSR count). The molecule has 0 bridgehead atoms. The Morgan fingerprint density at radius 2 is 1.86 bits per heavy atom. The van der Waals surface area contributed by atoms with E-state index in [0.717, 1.165) is 18.1 Å². The third kappa shape index (κ3) is 7.43. The van der Waals surface area contributed by atoms with E-state index in [4.69, 9.17) is 0 Å². The molecule has 0 spiro atoms. The summed E-state index contributed by atoms with van der Waals surface area (Å²) in [6.45, 7) is 8.74. The largest absolute Gasteiger partial charge is 0.287 e. The molecular formula is C12H24OS. The van der Waals surface area contributed by atoms with Crippen molar-refractivity contribution in [2.75, 3.05) is 5.75 Å². The second-order valence-electron chi connectivity index (χ2n) is 4.24. The molecule has 1 nitrogen and oxygen atoms in total. The van der Waals surface area contributed by atoms with Crippen LogP contribution in [0.2, 0.25) is 0 Å². The molecule has 0 unspecified atom stereocenters. The maximum atomic E-state index is 11.4. The van der Waals surface area contributed by atoms with Gasteiger partial charge in [0.1, 0.15) is 0 Å². The number of hydrogen-bond acceptors (Lipinski definition) is 2. The molecule has 0 aliphatic rings. The van der Waals surface area contributed by atoms with Gasteiger partial charge in [0.05, 0.1) is 0 Å². The second-order valence-corrected chi connectivity index (χ2v) is 5.57. The summed E-state index contributed by atoms with van der Waals surface area (Å²) in [5, 5.41) is 0.365. The first-order valence-electron chi connectivity index (χ1n) is 5.75. The zero-order valence-corrected chi connectivity index (χ0v) is 10.8. The zero-order valence-electron chi connectivity index (χ0n) is 10.0. The third-order valence-electron chi connectivity index (χ3n) is 2.41. The third-order valence-corrected chi connectivity index (χ3v) is 3.18. The maximum Gasteiger partial charge on any atom is 0.189 e. The van der Waals surface area contributed by atoms with E-state index in [-0.39, 0.29) is 0 Å². The summed E-state index contributed by atoms with van der Waals surface area (Å²) in [5.41, 5.74) is 0. The lowest BCUT2D eigenvalue weighted by molar-refractivity contribution is -0.111. The molecule has 0 aliphatic heterocycles. The Labute approximate surface area is 93.0 Å². The Kier molecular flexibility index (Phi) is 8.35. The molecule has 2 heteroatoms. The smallest absolute Gasteiger partial charge is 0.189 e. The van der Waals surface area contributed by atoms with Crippen LogP contribution < -0.4 is 0 Å². The summed E-state index contributed by atoms with van der Waals surface area (Å²) < 4.78 is 0. The van der Waals surface area contributed by atoms with Gasteiger partial charge in [0.2, 0.25) is 0 Å². The molecule has 0 N–H and O–H groups in total. The van der Waals surface area contributed by atoms with Gasteiger partial charge >= 0.3 is 0 Å². The second kappa shape index (κ2) is 8.34. The van der Waals surface area contributed by atoms with Gasteiger partial charge in [-0.25, -0.2) is 0 Å². The van der Waals surface area contributed by atoms with Crippen molar-refractivity contribution in [3.8, 4) is 0 Å². The minimum atomic E-state index is 0.365. The van der Waals surface area contributed by atoms with Gasteiger partial charge in [0.15, 0.2) is 5.12 Å². The average molecular weight is 216 g/mol. The van der Waals surface area contributed by atoms with Gasteiger partial charge < -0.3 is 0 Å². The summed E-state index contributed by atoms with van der Waals surface area (Å²) in [6, 6.07) is 0. The van der Waals surface area contributed by atoms with Crippen molar-refractivity contribution < 1.29 is 4.79 Å². The van der Waals surface area contributed by atoms with E-state index in [1.807, 2.05) is 6.92 Å². The number of rotatable bonds is 7. The molecule has 0 fully saturated rings.